The number of nitro benzene ring substituents is 1. The van der Waals surface area contributed by atoms with Crippen LogP contribution in [0.3, 0.4) is 0 Å². The van der Waals surface area contributed by atoms with E-state index in [2.05, 4.69) is 15.9 Å². The van der Waals surface area contributed by atoms with Gasteiger partial charge in [0, 0.05) is 17.0 Å². The van der Waals surface area contributed by atoms with E-state index >= 15 is 0 Å². The van der Waals surface area contributed by atoms with Gasteiger partial charge in [-0.2, -0.15) is 0 Å². The van der Waals surface area contributed by atoms with Gasteiger partial charge in [-0.3, -0.25) is 10.1 Å². The van der Waals surface area contributed by atoms with Crippen LogP contribution < -0.4 is 0 Å². The molecule has 0 saturated carbocycles. The molecule has 0 aliphatic carbocycles. The molecule has 0 aliphatic heterocycles. The molecular weight excluding hydrogens is 234 g/mol. The van der Waals surface area contributed by atoms with Crippen LogP contribution in [0.5, 0.6) is 0 Å². The van der Waals surface area contributed by atoms with Gasteiger partial charge in [-0.1, -0.05) is 22.0 Å². The number of hydrogen-bond acceptors (Lipinski definition) is 2. The van der Waals surface area contributed by atoms with Crippen molar-refractivity contribution in [3.63, 3.8) is 0 Å². The fourth-order valence-corrected chi connectivity index (χ4v) is 1.82. The summed E-state index contributed by atoms with van der Waals surface area (Å²) in [7, 11) is 0. The van der Waals surface area contributed by atoms with Crippen LogP contribution in [-0.2, 0) is 5.33 Å². The number of hydrogen-bond donors (Lipinski definition) is 0. The summed E-state index contributed by atoms with van der Waals surface area (Å²) in [6, 6.07) is 3.55. The van der Waals surface area contributed by atoms with E-state index in [-0.39, 0.29) is 10.6 Å². The zero-order chi connectivity index (χ0) is 10.0. The van der Waals surface area contributed by atoms with E-state index in [1.165, 1.54) is 0 Å². The molecule has 1 rings (SSSR count). The molecule has 0 fully saturated rings. The van der Waals surface area contributed by atoms with Gasteiger partial charge in [-0.05, 0) is 25.0 Å². The van der Waals surface area contributed by atoms with Crippen LogP contribution in [0.4, 0.5) is 5.69 Å². The van der Waals surface area contributed by atoms with Crippen LogP contribution in [-0.4, -0.2) is 4.92 Å². The van der Waals surface area contributed by atoms with Gasteiger partial charge < -0.3 is 0 Å². The second-order valence-electron chi connectivity index (χ2n) is 2.96. The first-order valence-electron chi connectivity index (χ1n) is 3.86. The van der Waals surface area contributed by atoms with Gasteiger partial charge in [0.25, 0.3) is 5.69 Å². The first-order valence-corrected chi connectivity index (χ1v) is 4.99. The molecule has 0 spiro atoms. The molecule has 4 heteroatoms. The lowest BCUT2D eigenvalue weighted by Crippen LogP contribution is -1.96. The number of alkyl halides is 1. The first-order chi connectivity index (χ1) is 6.06. The summed E-state index contributed by atoms with van der Waals surface area (Å²) < 4.78 is 0. The molecular formula is C9H10BrNO2. The van der Waals surface area contributed by atoms with E-state index in [1.807, 2.05) is 13.0 Å². The molecule has 70 valence electrons. The minimum absolute atomic E-state index is 0.203. The predicted molar refractivity (Wildman–Crippen MR) is 55.2 cm³/mol. The summed E-state index contributed by atoms with van der Waals surface area (Å²) in [4.78, 5) is 10.3. The van der Waals surface area contributed by atoms with Crippen molar-refractivity contribution in [3.05, 3.63) is 38.9 Å². The molecule has 0 unspecified atom stereocenters. The van der Waals surface area contributed by atoms with Crippen molar-refractivity contribution < 1.29 is 4.92 Å². The molecule has 0 aromatic heterocycles. The number of halogens is 1. The zero-order valence-corrected chi connectivity index (χ0v) is 9.09. The summed E-state index contributed by atoms with van der Waals surface area (Å²) in [6.45, 7) is 3.63. The van der Waals surface area contributed by atoms with Crippen molar-refractivity contribution in [3.8, 4) is 0 Å². The van der Waals surface area contributed by atoms with Crippen molar-refractivity contribution in [2.75, 3.05) is 0 Å². The summed E-state index contributed by atoms with van der Waals surface area (Å²) >= 11 is 3.30. The Hall–Kier alpha value is -0.900. The SMILES string of the molecule is Cc1cc(CBr)c(C)c([N+](=O)[O-])c1. The Morgan fingerprint density at radius 2 is 2.08 bits per heavy atom. The lowest BCUT2D eigenvalue weighted by atomic mass is 10.1. The Morgan fingerprint density at radius 3 is 2.54 bits per heavy atom. The Morgan fingerprint density at radius 1 is 1.46 bits per heavy atom. The van der Waals surface area contributed by atoms with Crippen molar-refractivity contribution in [1.29, 1.82) is 0 Å². The number of nitro groups is 1. The Balaban J connectivity index is 3.35. The highest BCUT2D eigenvalue weighted by molar-refractivity contribution is 9.08. The molecule has 1 aromatic rings. The Labute approximate surface area is 85.0 Å². The summed E-state index contributed by atoms with van der Waals surface area (Å²) in [5.74, 6) is 0. The van der Waals surface area contributed by atoms with Crippen LogP contribution in [0, 0.1) is 24.0 Å². The minimum atomic E-state index is -0.339. The normalized spacial score (nSPS) is 10.1. The van der Waals surface area contributed by atoms with E-state index in [0.717, 1.165) is 16.7 Å². The Kier molecular flexibility index (Phi) is 3.03. The van der Waals surface area contributed by atoms with Crippen molar-refractivity contribution in [1.82, 2.24) is 0 Å². The third kappa shape index (κ3) is 2.06. The van der Waals surface area contributed by atoms with Crippen molar-refractivity contribution in [2.24, 2.45) is 0 Å². The van der Waals surface area contributed by atoms with Crippen LogP contribution in [0.15, 0.2) is 12.1 Å². The second-order valence-corrected chi connectivity index (χ2v) is 3.52. The maximum absolute atomic E-state index is 10.6. The highest BCUT2D eigenvalue weighted by atomic mass is 79.9. The third-order valence-corrected chi connectivity index (χ3v) is 2.58. The van der Waals surface area contributed by atoms with E-state index in [1.54, 1.807) is 13.0 Å². The maximum Gasteiger partial charge on any atom is 0.272 e. The topological polar surface area (TPSA) is 43.1 Å². The smallest absolute Gasteiger partial charge is 0.258 e. The van der Waals surface area contributed by atoms with E-state index in [9.17, 15) is 10.1 Å². The fraction of sp³-hybridized carbons (Fsp3) is 0.333. The first kappa shape index (κ1) is 10.2. The van der Waals surface area contributed by atoms with Crippen molar-refractivity contribution in [2.45, 2.75) is 19.2 Å². The van der Waals surface area contributed by atoms with Gasteiger partial charge in [0.05, 0.1) is 4.92 Å². The van der Waals surface area contributed by atoms with Gasteiger partial charge in [-0.25, -0.2) is 0 Å². The fourth-order valence-electron chi connectivity index (χ4n) is 1.24. The van der Waals surface area contributed by atoms with Crippen LogP contribution in [0.2, 0.25) is 0 Å². The van der Waals surface area contributed by atoms with E-state index in [0.29, 0.717) is 5.33 Å². The molecule has 0 amide bonds. The highest BCUT2D eigenvalue weighted by Gasteiger charge is 2.13. The number of benzene rings is 1. The largest absolute Gasteiger partial charge is 0.272 e. The van der Waals surface area contributed by atoms with Gasteiger partial charge >= 0.3 is 0 Å². The molecule has 0 heterocycles. The third-order valence-electron chi connectivity index (χ3n) is 1.97. The lowest BCUT2D eigenvalue weighted by molar-refractivity contribution is -0.385. The van der Waals surface area contributed by atoms with Gasteiger partial charge in [0.2, 0.25) is 0 Å². The molecule has 0 aliphatic rings. The standard InChI is InChI=1S/C9H10BrNO2/c1-6-3-8(5-10)7(2)9(4-6)11(12)13/h3-4H,5H2,1-2H3. The number of rotatable bonds is 2. The highest BCUT2D eigenvalue weighted by Crippen LogP contribution is 2.24. The van der Waals surface area contributed by atoms with Gasteiger partial charge in [0.1, 0.15) is 0 Å². The van der Waals surface area contributed by atoms with E-state index in [4.69, 9.17) is 0 Å². The average Bonchev–Trinajstić information content (AvgIpc) is 2.08. The molecule has 0 bridgehead atoms. The molecule has 1 aromatic carbocycles. The summed E-state index contributed by atoms with van der Waals surface area (Å²) in [6.07, 6.45) is 0. The zero-order valence-electron chi connectivity index (χ0n) is 7.50. The average molecular weight is 244 g/mol. The second kappa shape index (κ2) is 3.87. The number of aryl methyl sites for hydroxylation is 1. The molecule has 0 N–H and O–H groups in total. The van der Waals surface area contributed by atoms with Gasteiger partial charge in [-0.15, -0.1) is 0 Å². The molecule has 0 atom stereocenters. The van der Waals surface area contributed by atoms with Crippen LogP contribution in [0.1, 0.15) is 16.7 Å². The van der Waals surface area contributed by atoms with Gasteiger partial charge in [0.15, 0.2) is 0 Å². The van der Waals surface area contributed by atoms with E-state index < -0.39 is 0 Å². The maximum atomic E-state index is 10.6. The predicted octanol–water partition coefficient (Wildman–Crippen LogP) is 3.11. The lowest BCUT2D eigenvalue weighted by Gasteiger charge is -2.04. The summed E-state index contributed by atoms with van der Waals surface area (Å²) in [5.41, 5.74) is 2.85. The quantitative estimate of drug-likeness (QED) is 0.455. The Bertz CT molecular complexity index is 350. The monoisotopic (exact) mass is 243 g/mol. The van der Waals surface area contributed by atoms with Crippen LogP contribution >= 0.6 is 15.9 Å². The molecule has 3 nitrogen and oxygen atoms in total. The van der Waals surface area contributed by atoms with Crippen LogP contribution in [0.25, 0.3) is 0 Å². The number of nitrogens with zero attached hydrogens (tertiary/aromatic N) is 1. The molecule has 0 saturated heterocycles. The molecule has 0 radical (unpaired) electrons. The summed E-state index contributed by atoms with van der Waals surface area (Å²) in [5, 5.41) is 11.3. The minimum Gasteiger partial charge on any atom is -0.258 e. The van der Waals surface area contributed by atoms with Crippen molar-refractivity contribution >= 4 is 21.6 Å². The molecule has 13 heavy (non-hydrogen) atoms.